The van der Waals surface area contributed by atoms with Gasteiger partial charge >= 0.3 is 23.9 Å². The Labute approximate surface area is 208 Å². The Hall–Kier alpha value is -4.06. The quantitative estimate of drug-likeness (QED) is 0.212. The molecule has 0 spiro atoms. The van der Waals surface area contributed by atoms with Crippen molar-refractivity contribution in [2.45, 2.75) is 57.3 Å². The van der Waals surface area contributed by atoms with Crippen molar-refractivity contribution in [2.75, 3.05) is 6.54 Å². The van der Waals surface area contributed by atoms with Crippen molar-refractivity contribution in [1.29, 1.82) is 0 Å². The number of hydrogen-bond acceptors (Lipinski definition) is 7. The lowest BCUT2D eigenvalue weighted by molar-refractivity contribution is -0.140. The maximum absolute atomic E-state index is 12.1. The molecule has 0 aliphatic heterocycles. The van der Waals surface area contributed by atoms with Crippen LogP contribution in [0.5, 0.6) is 0 Å². The van der Waals surface area contributed by atoms with Crippen molar-refractivity contribution in [1.82, 2.24) is 25.5 Å². The summed E-state index contributed by atoms with van der Waals surface area (Å²) >= 11 is 0. The van der Waals surface area contributed by atoms with Crippen LogP contribution >= 0.6 is 0 Å². The number of urea groups is 1. The first kappa shape index (κ1) is 28.2. The Kier molecular flexibility index (Phi) is 11.8. The molecule has 0 saturated carbocycles. The first-order valence-corrected chi connectivity index (χ1v) is 11.5. The predicted octanol–water partition coefficient (Wildman–Crippen LogP) is 1.72. The van der Waals surface area contributed by atoms with Gasteiger partial charge in [-0.3, -0.25) is 19.7 Å². The number of carboxylic acid groups (broad SMARTS) is 3. The lowest BCUT2D eigenvalue weighted by atomic mass is 10.1. The van der Waals surface area contributed by atoms with E-state index < -0.39 is 42.4 Å². The molecule has 12 nitrogen and oxygen atoms in total. The minimum atomic E-state index is -1.44. The van der Waals surface area contributed by atoms with Gasteiger partial charge in [-0.15, -0.1) is 0 Å². The van der Waals surface area contributed by atoms with Crippen LogP contribution in [0.25, 0.3) is 0 Å². The van der Waals surface area contributed by atoms with E-state index in [9.17, 15) is 24.3 Å². The van der Waals surface area contributed by atoms with Crippen molar-refractivity contribution in [2.24, 2.45) is 0 Å². The highest BCUT2D eigenvalue weighted by Crippen LogP contribution is 2.10. The standard InChI is InChI=1S/C24H31N5O7/c30-21(31)11-10-20(23(34)35)28-24(36)27-19(22(32)33)9-3-6-14-29(15-17-7-1-4-12-25-17)16-18-8-2-5-13-26-18/h1-2,4-5,7-8,12-13,19-20H,3,6,9-11,14-16H2,(H,30,31)(H,32,33)(H,34,35)(H2,27,28,36). The molecule has 2 amide bonds. The first-order valence-electron chi connectivity index (χ1n) is 11.5. The number of aromatic nitrogens is 2. The van der Waals surface area contributed by atoms with Crippen LogP contribution in [0.1, 0.15) is 43.5 Å². The van der Waals surface area contributed by atoms with E-state index in [0.717, 1.165) is 11.4 Å². The Morgan fingerprint density at radius 3 is 1.75 bits per heavy atom. The zero-order chi connectivity index (χ0) is 26.3. The molecular weight excluding hydrogens is 470 g/mol. The number of pyridine rings is 2. The van der Waals surface area contributed by atoms with Crippen LogP contribution in [0.2, 0.25) is 0 Å². The van der Waals surface area contributed by atoms with Gasteiger partial charge in [0.1, 0.15) is 12.1 Å². The number of carboxylic acids is 3. The molecule has 2 unspecified atom stereocenters. The summed E-state index contributed by atoms with van der Waals surface area (Å²) in [7, 11) is 0. The molecule has 0 aliphatic rings. The van der Waals surface area contributed by atoms with Gasteiger partial charge in [0.05, 0.1) is 11.4 Å². The molecule has 2 rings (SSSR count). The van der Waals surface area contributed by atoms with Gasteiger partial charge in [0, 0.05) is 31.9 Å². The second-order valence-corrected chi connectivity index (χ2v) is 8.18. The molecule has 0 aliphatic carbocycles. The van der Waals surface area contributed by atoms with Gasteiger partial charge in [-0.05, 0) is 56.5 Å². The zero-order valence-corrected chi connectivity index (χ0v) is 19.7. The molecule has 2 heterocycles. The van der Waals surface area contributed by atoms with Crippen molar-refractivity contribution >= 4 is 23.9 Å². The second-order valence-electron chi connectivity index (χ2n) is 8.18. The molecular formula is C24H31N5O7. The van der Waals surface area contributed by atoms with Crippen molar-refractivity contribution in [3.63, 3.8) is 0 Å². The Balaban J connectivity index is 1.87. The van der Waals surface area contributed by atoms with Crippen LogP contribution in [0.3, 0.4) is 0 Å². The van der Waals surface area contributed by atoms with Crippen LogP contribution in [0.4, 0.5) is 4.79 Å². The normalized spacial score (nSPS) is 12.5. The van der Waals surface area contributed by atoms with Crippen molar-refractivity contribution < 1.29 is 34.5 Å². The van der Waals surface area contributed by atoms with Gasteiger partial charge in [-0.1, -0.05) is 12.1 Å². The van der Waals surface area contributed by atoms with E-state index in [-0.39, 0.29) is 12.8 Å². The largest absolute Gasteiger partial charge is 0.481 e. The molecule has 36 heavy (non-hydrogen) atoms. The fraction of sp³-hybridized carbons (Fsp3) is 0.417. The summed E-state index contributed by atoms with van der Waals surface area (Å²) in [6.45, 7) is 1.82. The molecule has 0 bridgehead atoms. The third-order valence-corrected chi connectivity index (χ3v) is 5.29. The molecule has 5 N–H and O–H groups in total. The number of hydrogen-bond donors (Lipinski definition) is 5. The minimum absolute atomic E-state index is 0.136. The fourth-order valence-electron chi connectivity index (χ4n) is 3.48. The lowest BCUT2D eigenvalue weighted by Gasteiger charge is -2.22. The smallest absolute Gasteiger partial charge is 0.326 e. The highest BCUT2D eigenvalue weighted by atomic mass is 16.4. The average molecular weight is 502 g/mol. The summed E-state index contributed by atoms with van der Waals surface area (Å²) in [4.78, 5) is 56.5. The van der Waals surface area contributed by atoms with Crippen LogP contribution in [-0.4, -0.2) is 72.8 Å². The summed E-state index contributed by atoms with van der Waals surface area (Å²) in [5.41, 5.74) is 1.79. The number of nitrogens with zero attached hydrogens (tertiary/aromatic N) is 3. The molecule has 12 heteroatoms. The zero-order valence-electron chi connectivity index (χ0n) is 19.7. The number of unbranched alkanes of at least 4 members (excludes halogenated alkanes) is 1. The first-order chi connectivity index (χ1) is 17.2. The van der Waals surface area contributed by atoms with Crippen LogP contribution < -0.4 is 10.6 Å². The molecule has 0 radical (unpaired) electrons. The third-order valence-electron chi connectivity index (χ3n) is 5.29. The minimum Gasteiger partial charge on any atom is -0.481 e. The summed E-state index contributed by atoms with van der Waals surface area (Å²) in [5.74, 6) is -3.85. The van der Waals surface area contributed by atoms with Crippen LogP contribution in [0, 0.1) is 0 Å². The van der Waals surface area contributed by atoms with Gasteiger partial charge in [-0.25, -0.2) is 14.4 Å². The summed E-state index contributed by atoms with van der Waals surface area (Å²) in [6.07, 6.45) is 3.93. The van der Waals surface area contributed by atoms with E-state index in [1.807, 2.05) is 36.4 Å². The monoisotopic (exact) mass is 501 g/mol. The Bertz CT molecular complexity index is 949. The number of rotatable bonds is 16. The second kappa shape index (κ2) is 15.0. The summed E-state index contributed by atoms with van der Waals surface area (Å²) in [5, 5.41) is 31.7. The van der Waals surface area contributed by atoms with Crippen LogP contribution in [0.15, 0.2) is 48.8 Å². The molecule has 2 aromatic heterocycles. The summed E-state index contributed by atoms with van der Waals surface area (Å²) < 4.78 is 0. The molecule has 2 atom stereocenters. The Morgan fingerprint density at radius 1 is 0.778 bits per heavy atom. The van der Waals surface area contributed by atoms with E-state index in [1.54, 1.807) is 12.4 Å². The number of aliphatic carboxylic acids is 3. The SMILES string of the molecule is O=C(O)CCC(NC(=O)NC(CCCCN(Cc1ccccn1)Cc1ccccn1)C(=O)O)C(=O)O. The molecule has 0 fully saturated rings. The molecule has 0 saturated heterocycles. The van der Waals surface area contributed by atoms with E-state index >= 15 is 0 Å². The Morgan fingerprint density at radius 2 is 1.31 bits per heavy atom. The molecule has 194 valence electrons. The van der Waals surface area contributed by atoms with Gasteiger partial charge in [0.15, 0.2) is 0 Å². The van der Waals surface area contributed by atoms with E-state index in [2.05, 4.69) is 25.5 Å². The van der Waals surface area contributed by atoms with Gasteiger partial charge in [0.25, 0.3) is 0 Å². The topological polar surface area (TPSA) is 182 Å². The predicted molar refractivity (Wildman–Crippen MR) is 128 cm³/mol. The average Bonchev–Trinajstić information content (AvgIpc) is 2.84. The van der Waals surface area contributed by atoms with Gasteiger partial charge in [0.2, 0.25) is 0 Å². The lowest BCUT2D eigenvalue weighted by Crippen LogP contribution is -2.51. The summed E-state index contributed by atoms with van der Waals surface area (Å²) in [6, 6.07) is 7.70. The number of amides is 2. The third kappa shape index (κ3) is 10.9. The number of nitrogens with one attached hydrogen (secondary N) is 2. The highest BCUT2D eigenvalue weighted by Gasteiger charge is 2.24. The van der Waals surface area contributed by atoms with Crippen LogP contribution in [-0.2, 0) is 27.5 Å². The molecule has 0 aromatic carbocycles. The van der Waals surface area contributed by atoms with E-state index in [1.165, 1.54) is 0 Å². The highest BCUT2D eigenvalue weighted by molar-refractivity contribution is 5.86. The van der Waals surface area contributed by atoms with E-state index in [4.69, 9.17) is 10.2 Å². The van der Waals surface area contributed by atoms with Crippen molar-refractivity contribution in [3.05, 3.63) is 60.2 Å². The number of carbonyl (C=O) groups excluding carboxylic acids is 1. The van der Waals surface area contributed by atoms with Gasteiger partial charge in [-0.2, -0.15) is 0 Å². The maximum atomic E-state index is 12.1. The molecule has 2 aromatic rings. The number of carbonyl (C=O) groups is 4. The fourth-order valence-corrected chi connectivity index (χ4v) is 3.48. The van der Waals surface area contributed by atoms with E-state index in [0.29, 0.717) is 32.5 Å². The van der Waals surface area contributed by atoms with Gasteiger partial charge < -0.3 is 26.0 Å². The maximum Gasteiger partial charge on any atom is 0.326 e. The van der Waals surface area contributed by atoms with Crippen molar-refractivity contribution in [3.8, 4) is 0 Å².